The van der Waals surface area contributed by atoms with Gasteiger partial charge in [0.2, 0.25) is 0 Å². The summed E-state index contributed by atoms with van der Waals surface area (Å²) in [7, 11) is 1.64. The summed E-state index contributed by atoms with van der Waals surface area (Å²) >= 11 is 0. The highest BCUT2D eigenvalue weighted by molar-refractivity contribution is 5.97. The summed E-state index contributed by atoms with van der Waals surface area (Å²) < 4.78 is 5.30. The lowest BCUT2D eigenvalue weighted by molar-refractivity contribution is -0.144. The highest BCUT2D eigenvalue weighted by Gasteiger charge is 2.17. The molecule has 0 heterocycles. The molecule has 0 aliphatic carbocycles. The zero-order chi connectivity index (χ0) is 22.0. The van der Waals surface area contributed by atoms with Crippen LogP contribution in [0.3, 0.4) is 0 Å². The Balaban J connectivity index is 1.97. The van der Waals surface area contributed by atoms with Gasteiger partial charge < -0.3 is 9.64 Å². The number of likely N-dealkylation sites (N-methyl/N-ethyl adjacent to an activating group) is 1. The van der Waals surface area contributed by atoms with Crippen LogP contribution >= 0.6 is 0 Å². The number of benzene rings is 1. The minimum Gasteiger partial charge on any atom is -0.464 e. The van der Waals surface area contributed by atoms with E-state index in [1.165, 1.54) is 75.5 Å². The van der Waals surface area contributed by atoms with Crippen LogP contribution < -0.4 is 0 Å². The zero-order valence-corrected chi connectivity index (χ0v) is 19.6. The van der Waals surface area contributed by atoms with E-state index >= 15 is 0 Å². The Bertz CT molecular complexity index is 600. The zero-order valence-electron chi connectivity index (χ0n) is 19.6. The molecule has 0 atom stereocenters. The third-order valence-corrected chi connectivity index (χ3v) is 5.60. The third kappa shape index (κ3) is 12.0. The van der Waals surface area contributed by atoms with Crippen LogP contribution in [0.5, 0.6) is 0 Å². The van der Waals surface area contributed by atoms with Crippen LogP contribution in [0.25, 0.3) is 0 Å². The van der Waals surface area contributed by atoms with Crippen molar-refractivity contribution in [3.05, 3.63) is 35.4 Å². The maximum absolute atomic E-state index is 12.4. The largest absolute Gasteiger partial charge is 0.464 e. The van der Waals surface area contributed by atoms with Gasteiger partial charge >= 0.3 is 5.97 Å². The molecule has 0 N–H and O–H groups in total. The summed E-state index contributed by atoms with van der Waals surface area (Å²) in [5, 5.41) is 0. The van der Waals surface area contributed by atoms with Crippen LogP contribution in [-0.2, 0) is 9.53 Å². The lowest BCUT2D eigenvalue weighted by atomic mass is 10.0. The first-order valence-electron chi connectivity index (χ1n) is 12.0. The smallest absolute Gasteiger partial charge is 0.325 e. The molecule has 0 aliphatic rings. The van der Waals surface area contributed by atoms with Crippen molar-refractivity contribution in [2.45, 2.75) is 97.3 Å². The minimum absolute atomic E-state index is 0.00832. The number of nitrogens with zero attached hydrogens (tertiary/aromatic N) is 1. The number of hydrogen-bond acceptors (Lipinski definition) is 3. The highest BCUT2D eigenvalue weighted by atomic mass is 16.5. The third-order valence-electron chi connectivity index (χ3n) is 5.60. The van der Waals surface area contributed by atoms with Crippen LogP contribution in [0, 0.1) is 6.92 Å². The molecule has 0 saturated carbocycles. The highest BCUT2D eigenvalue weighted by Crippen LogP contribution is 2.13. The van der Waals surface area contributed by atoms with Gasteiger partial charge in [-0.25, -0.2) is 0 Å². The van der Waals surface area contributed by atoms with Gasteiger partial charge in [0, 0.05) is 12.6 Å². The number of carbonyl (C=O) groups excluding carboxylic acids is 2. The first-order valence-corrected chi connectivity index (χ1v) is 12.0. The van der Waals surface area contributed by atoms with Crippen LogP contribution in [0.15, 0.2) is 24.3 Å². The van der Waals surface area contributed by atoms with Gasteiger partial charge in [-0.1, -0.05) is 102 Å². The molecule has 0 unspecified atom stereocenters. The molecule has 1 aromatic carbocycles. The Labute approximate surface area is 184 Å². The van der Waals surface area contributed by atoms with Crippen molar-refractivity contribution in [2.75, 3.05) is 20.2 Å². The van der Waals surface area contributed by atoms with E-state index in [-0.39, 0.29) is 18.4 Å². The number of rotatable bonds is 17. The van der Waals surface area contributed by atoms with E-state index in [0.717, 1.165) is 18.4 Å². The molecular formula is C26H43NO3. The Hall–Kier alpha value is -1.84. The van der Waals surface area contributed by atoms with Gasteiger partial charge in [0.05, 0.1) is 6.61 Å². The second kappa shape index (κ2) is 16.9. The summed E-state index contributed by atoms with van der Waals surface area (Å²) in [6.07, 6.45) is 16.8. The number of esters is 1. The van der Waals surface area contributed by atoms with Gasteiger partial charge in [-0.2, -0.15) is 0 Å². The van der Waals surface area contributed by atoms with Crippen LogP contribution in [0.2, 0.25) is 0 Å². The molecule has 1 amide bonds. The van der Waals surface area contributed by atoms with Gasteiger partial charge in [0.25, 0.3) is 5.91 Å². The molecular weight excluding hydrogens is 374 g/mol. The number of unbranched alkanes of at least 4 members (excludes halogenated alkanes) is 12. The molecule has 0 bridgehead atoms. The van der Waals surface area contributed by atoms with E-state index in [1.54, 1.807) is 13.1 Å². The lowest BCUT2D eigenvalue weighted by Gasteiger charge is -2.17. The number of ether oxygens (including phenoxy) is 1. The van der Waals surface area contributed by atoms with E-state index in [0.29, 0.717) is 12.2 Å². The van der Waals surface area contributed by atoms with Crippen molar-refractivity contribution in [3.63, 3.8) is 0 Å². The topological polar surface area (TPSA) is 46.6 Å². The second-order valence-electron chi connectivity index (χ2n) is 8.44. The SMILES string of the molecule is CCCCCCCCCCCCCCCOC(=O)CN(C)C(=O)c1ccccc1C. The van der Waals surface area contributed by atoms with Gasteiger partial charge in [0.1, 0.15) is 6.54 Å². The minimum atomic E-state index is -0.335. The van der Waals surface area contributed by atoms with Crippen LogP contribution in [0.4, 0.5) is 0 Å². The first kappa shape index (κ1) is 26.2. The Morgan fingerprint density at radius 3 is 1.83 bits per heavy atom. The van der Waals surface area contributed by atoms with Crippen molar-refractivity contribution in [1.82, 2.24) is 4.90 Å². The predicted octanol–water partition coefficient (Wildman–Crippen LogP) is 6.70. The summed E-state index contributed by atoms with van der Waals surface area (Å²) in [6.45, 7) is 4.60. The molecule has 4 nitrogen and oxygen atoms in total. The van der Waals surface area contributed by atoms with E-state index < -0.39 is 0 Å². The Morgan fingerprint density at radius 2 is 1.30 bits per heavy atom. The predicted molar refractivity (Wildman–Crippen MR) is 125 cm³/mol. The monoisotopic (exact) mass is 417 g/mol. The average Bonchev–Trinajstić information content (AvgIpc) is 2.73. The molecule has 0 saturated heterocycles. The lowest BCUT2D eigenvalue weighted by Crippen LogP contribution is -2.33. The number of amides is 1. The Morgan fingerprint density at radius 1 is 0.800 bits per heavy atom. The van der Waals surface area contributed by atoms with Gasteiger partial charge in [-0.3, -0.25) is 9.59 Å². The summed E-state index contributed by atoms with van der Waals surface area (Å²) in [4.78, 5) is 25.8. The second-order valence-corrected chi connectivity index (χ2v) is 8.44. The summed E-state index contributed by atoms with van der Waals surface area (Å²) in [5.41, 5.74) is 1.54. The molecule has 170 valence electrons. The molecule has 1 rings (SSSR count). The van der Waals surface area contributed by atoms with Crippen molar-refractivity contribution >= 4 is 11.9 Å². The molecule has 0 fully saturated rings. The molecule has 0 radical (unpaired) electrons. The fraction of sp³-hybridized carbons (Fsp3) is 0.692. The average molecular weight is 418 g/mol. The van der Waals surface area contributed by atoms with Gasteiger partial charge in [-0.15, -0.1) is 0 Å². The standard InChI is InChI=1S/C26H43NO3/c1-4-5-6-7-8-9-10-11-12-13-14-15-18-21-30-25(28)22-27(3)26(29)24-20-17-16-19-23(24)2/h16-17,19-20H,4-15,18,21-22H2,1-3H3. The maximum atomic E-state index is 12.4. The van der Waals surface area contributed by atoms with Crippen molar-refractivity contribution in [1.29, 1.82) is 0 Å². The van der Waals surface area contributed by atoms with Crippen LogP contribution in [0.1, 0.15) is 106 Å². The molecule has 4 heteroatoms. The van der Waals surface area contributed by atoms with Gasteiger partial charge in [-0.05, 0) is 25.0 Å². The fourth-order valence-corrected chi connectivity index (χ4v) is 3.64. The molecule has 0 aliphatic heterocycles. The molecule has 0 spiro atoms. The normalized spacial score (nSPS) is 10.8. The van der Waals surface area contributed by atoms with E-state index in [9.17, 15) is 9.59 Å². The van der Waals surface area contributed by atoms with Crippen LogP contribution in [-0.4, -0.2) is 37.0 Å². The fourth-order valence-electron chi connectivity index (χ4n) is 3.64. The van der Waals surface area contributed by atoms with Crippen molar-refractivity contribution < 1.29 is 14.3 Å². The van der Waals surface area contributed by atoms with Gasteiger partial charge in [0.15, 0.2) is 0 Å². The first-order chi connectivity index (χ1) is 14.6. The molecule has 1 aromatic rings. The molecule has 0 aromatic heterocycles. The van der Waals surface area contributed by atoms with Crippen molar-refractivity contribution in [3.8, 4) is 0 Å². The number of carbonyl (C=O) groups is 2. The van der Waals surface area contributed by atoms with E-state index in [1.807, 2.05) is 25.1 Å². The quantitative estimate of drug-likeness (QED) is 0.209. The molecule has 30 heavy (non-hydrogen) atoms. The summed E-state index contributed by atoms with van der Waals surface area (Å²) in [5.74, 6) is -0.482. The maximum Gasteiger partial charge on any atom is 0.325 e. The number of hydrogen-bond donors (Lipinski definition) is 0. The van der Waals surface area contributed by atoms with Crippen molar-refractivity contribution in [2.24, 2.45) is 0 Å². The van der Waals surface area contributed by atoms with E-state index in [2.05, 4.69) is 6.92 Å². The van der Waals surface area contributed by atoms with E-state index in [4.69, 9.17) is 4.74 Å². The Kier molecular flexibility index (Phi) is 14.8. The summed E-state index contributed by atoms with van der Waals surface area (Å²) in [6, 6.07) is 7.41. The number of aryl methyl sites for hydroxylation is 1.